The number of hydrogen-bond acceptors (Lipinski definition) is 4. The SMILES string of the molecule is Cc1ccc(-c2coc(=S)[nH]2)cc1[N+](=O)[O-]. The van der Waals surface area contributed by atoms with Crippen LogP contribution in [-0.2, 0) is 0 Å². The molecule has 1 aromatic carbocycles. The molecule has 5 nitrogen and oxygen atoms in total. The van der Waals surface area contributed by atoms with Crippen LogP contribution in [0.2, 0.25) is 0 Å². The van der Waals surface area contributed by atoms with Crippen molar-refractivity contribution in [2.24, 2.45) is 0 Å². The van der Waals surface area contributed by atoms with E-state index in [1.165, 1.54) is 12.3 Å². The van der Waals surface area contributed by atoms with Crippen molar-refractivity contribution in [3.63, 3.8) is 0 Å². The second-order valence-corrected chi connectivity index (χ2v) is 3.69. The lowest BCUT2D eigenvalue weighted by atomic mass is 10.1. The molecule has 0 atom stereocenters. The number of aromatic nitrogens is 1. The van der Waals surface area contributed by atoms with Crippen LogP contribution in [0, 0.1) is 21.9 Å². The van der Waals surface area contributed by atoms with Crippen molar-refractivity contribution in [2.45, 2.75) is 6.92 Å². The van der Waals surface area contributed by atoms with E-state index in [-0.39, 0.29) is 10.5 Å². The lowest BCUT2D eigenvalue weighted by molar-refractivity contribution is -0.385. The molecule has 0 fully saturated rings. The molecule has 0 radical (unpaired) electrons. The van der Waals surface area contributed by atoms with Crippen LogP contribution in [0.5, 0.6) is 0 Å². The van der Waals surface area contributed by atoms with E-state index in [1.54, 1.807) is 19.1 Å². The molecule has 0 amide bonds. The van der Waals surface area contributed by atoms with Gasteiger partial charge in [0.1, 0.15) is 6.26 Å². The molecule has 0 unspecified atom stereocenters. The Hall–Kier alpha value is -1.95. The standard InChI is InChI=1S/C10H8N2O3S/c1-6-2-3-7(4-9(6)12(13)14)8-5-15-10(16)11-8/h2-5H,1H3,(H,11,16). The maximum absolute atomic E-state index is 10.8. The van der Waals surface area contributed by atoms with E-state index < -0.39 is 4.92 Å². The highest BCUT2D eigenvalue weighted by molar-refractivity contribution is 7.71. The zero-order chi connectivity index (χ0) is 11.7. The lowest BCUT2D eigenvalue weighted by Gasteiger charge is -1.99. The molecular weight excluding hydrogens is 228 g/mol. The molecular formula is C10H8N2O3S. The largest absolute Gasteiger partial charge is 0.437 e. The Kier molecular flexibility index (Phi) is 2.57. The second kappa shape index (κ2) is 3.90. The van der Waals surface area contributed by atoms with Crippen LogP contribution in [0.1, 0.15) is 5.56 Å². The van der Waals surface area contributed by atoms with Crippen molar-refractivity contribution in [1.29, 1.82) is 0 Å². The van der Waals surface area contributed by atoms with Gasteiger partial charge in [0.2, 0.25) is 0 Å². The number of aromatic amines is 1. The van der Waals surface area contributed by atoms with E-state index >= 15 is 0 Å². The van der Waals surface area contributed by atoms with E-state index in [4.69, 9.17) is 16.6 Å². The van der Waals surface area contributed by atoms with E-state index in [0.717, 1.165) is 0 Å². The van der Waals surface area contributed by atoms with Crippen molar-refractivity contribution in [3.05, 3.63) is 45.0 Å². The monoisotopic (exact) mass is 236 g/mol. The highest BCUT2D eigenvalue weighted by Gasteiger charge is 2.12. The average Bonchev–Trinajstić information content (AvgIpc) is 2.65. The Morgan fingerprint density at radius 2 is 2.25 bits per heavy atom. The summed E-state index contributed by atoms with van der Waals surface area (Å²) >= 11 is 4.79. The van der Waals surface area contributed by atoms with Crippen molar-refractivity contribution in [3.8, 4) is 11.3 Å². The van der Waals surface area contributed by atoms with Crippen LogP contribution in [0.4, 0.5) is 5.69 Å². The number of nitro groups is 1. The van der Waals surface area contributed by atoms with Gasteiger partial charge in [-0.2, -0.15) is 0 Å². The molecule has 16 heavy (non-hydrogen) atoms. The van der Waals surface area contributed by atoms with Gasteiger partial charge in [-0.15, -0.1) is 0 Å². The van der Waals surface area contributed by atoms with Crippen molar-refractivity contribution in [2.75, 3.05) is 0 Å². The first-order chi connectivity index (χ1) is 7.58. The fourth-order valence-electron chi connectivity index (χ4n) is 1.40. The van der Waals surface area contributed by atoms with Crippen LogP contribution >= 0.6 is 12.2 Å². The van der Waals surface area contributed by atoms with Gasteiger partial charge in [0, 0.05) is 17.2 Å². The van der Waals surface area contributed by atoms with Gasteiger partial charge in [0.25, 0.3) is 10.5 Å². The summed E-state index contributed by atoms with van der Waals surface area (Å²) in [5.41, 5.74) is 2.01. The van der Waals surface area contributed by atoms with Crippen molar-refractivity contribution < 1.29 is 9.34 Å². The van der Waals surface area contributed by atoms with Gasteiger partial charge in [-0.3, -0.25) is 10.1 Å². The first kappa shape index (κ1) is 10.6. The smallest absolute Gasteiger partial charge is 0.272 e. The third kappa shape index (κ3) is 1.87. The molecule has 82 valence electrons. The van der Waals surface area contributed by atoms with Crippen LogP contribution in [0.3, 0.4) is 0 Å². The van der Waals surface area contributed by atoms with Crippen molar-refractivity contribution in [1.82, 2.24) is 4.98 Å². The molecule has 6 heteroatoms. The van der Waals surface area contributed by atoms with Gasteiger partial charge in [-0.05, 0) is 19.1 Å². The number of nitrogens with zero attached hydrogens (tertiary/aromatic N) is 1. The fraction of sp³-hybridized carbons (Fsp3) is 0.100. The van der Waals surface area contributed by atoms with Crippen LogP contribution < -0.4 is 0 Å². The molecule has 0 saturated heterocycles. The number of aryl methyl sites for hydroxylation is 1. The third-order valence-electron chi connectivity index (χ3n) is 2.24. The van der Waals surface area contributed by atoms with Gasteiger partial charge < -0.3 is 9.40 Å². The highest BCUT2D eigenvalue weighted by atomic mass is 32.1. The quantitative estimate of drug-likeness (QED) is 0.493. The fourth-order valence-corrected chi connectivity index (χ4v) is 1.55. The van der Waals surface area contributed by atoms with Gasteiger partial charge in [0.05, 0.1) is 10.6 Å². The Morgan fingerprint density at radius 3 is 2.81 bits per heavy atom. The highest BCUT2D eigenvalue weighted by Crippen LogP contribution is 2.25. The summed E-state index contributed by atoms with van der Waals surface area (Å²) in [6.07, 6.45) is 1.44. The zero-order valence-corrected chi connectivity index (χ0v) is 9.21. The van der Waals surface area contributed by atoms with Gasteiger partial charge in [-0.1, -0.05) is 12.1 Å². The zero-order valence-electron chi connectivity index (χ0n) is 8.39. The molecule has 1 heterocycles. The molecule has 1 aromatic heterocycles. The first-order valence-electron chi connectivity index (χ1n) is 4.51. The minimum Gasteiger partial charge on any atom is -0.437 e. The third-order valence-corrected chi connectivity index (χ3v) is 2.44. The number of nitrogens with one attached hydrogen (secondary N) is 1. The van der Waals surface area contributed by atoms with E-state index in [2.05, 4.69) is 4.98 Å². The summed E-state index contributed by atoms with van der Waals surface area (Å²) < 4.78 is 4.94. The van der Waals surface area contributed by atoms with Crippen molar-refractivity contribution >= 4 is 17.9 Å². The maximum Gasteiger partial charge on any atom is 0.272 e. The number of hydrogen-bond donors (Lipinski definition) is 1. The molecule has 0 spiro atoms. The summed E-state index contributed by atoms with van der Waals surface area (Å²) in [7, 11) is 0. The Morgan fingerprint density at radius 1 is 1.50 bits per heavy atom. The lowest BCUT2D eigenvalue weighted by Crippen LogP contribution is -1.92. The minimum atomic E-state index is -0.409. The van der Waals surface area contributed by atoms with Gasteiger partial charge >= 0.3 is 0 Å². The summed E-state index contributed by atoms with van der Waals surface area (Å²) in [5.74, 6) is 0. The summed E-state index contributed by atoms with van der Waals surface area (Å²) in [6.45, 7) is 1.69. The summed E-state index contributed by atoms with van der Waals surface area (Å²) in [4.78, 5) is 13.4. The van der Waals surface area contributed by atoms with Gasteiger partial charge in [0.15, 0.2) is 0 Å². The predicted molar refractivity (Wildman–Crippen MR) is 60.7 cm³/mol. The van der Waals surface area contributed by atoms with E-state index in [1.807, 2.05) is 0 Å². The summed E-state index contributed by atoms with van der Waals surface area (Å²) in [6, 6.07) is 4.96. The maximum atomic E-state index is 10.8. The van der Waals surface area contributed by atoms with E-state index in [0.29, 0.717) is 16.8 Å². The molecule has 2 rings (SSSR count). The molecule has 0 aliphatic heterocycles. The van der Waals surface area contributed by atoms with E-state index in [9.17, 15) is 10.1 Å². The molecule has 1 N–H and O–H groups in total. The first-order valence-corrected chi connectivity index (χ1v) is 4.92. The second-order valence-electron chi connectivity index (χ2n) is 3.32. The number of nitro benzene ring substituents is 1. The van der Waals surface area contributed by atoms with Crippen LogP contribution in [-0.4, -0.2) is 9.91 Å². The summed E-state index contributed by atoms with van der Waals surface area (Å²) in [5, 5.41) is 10.8. The topological polar surface area (TPSA) is 72.1 Å². The molecule has 0 saturated carbocycles. The normalized spacial score (nSPS) is 10.3. The molecule has 2 aromatic rings. The number of oxazole rings is 1. The van der Waals surface area contributed by atoms with Gasteiger partial charge in [-0.25, -0.2) is 0 Å². The number of benzene rings is 1. The number of rotatable bonds is 2. The molecule has 0 bridgehead atoms. The number of H-pyrrole nitrogens is 1. The molecule has 0 aliphatic carbocycles. The molecule has 0 aliphatic rings. The minimum absolute atomic E-state index is 0.0815. The van der Waals surface area contributed by atoms with Crippen LogP contribution in [0.15, 0.2) is 28.9 Å². The van der Waals surface area contributed by atoms with Crippen LogP contribution in [0.25, 0.3) is 11.3 Å². The predicted octanol–water partition coefficient (Wildman–Crippen LogP) is 3.22. The Bertz CT molecular complexity index is 600. The average molecular weight is 236 g/mol. The Labute approximate surface area is 95.9 Å². The Balaban J connectivity index is 2.55.